The van der Waals surface area contributed by atoms with Gasteiger partial charge >= 0.3 is 5.97 Å². The van der Waals surface area contributed by atoms with Crippen molar-refractivity contribution in [3.8, 4) is 0 Å². The minimum atomic E-state index is -0.687. The number of nitrogens with one attached hydrogen (secondary N) is 3. The van der Waals surface area contributed by atoms with Gasteiger partial charge in [0.2, 0.25) is 11.8 Å². The molecule has 9 heteroatoms. The molecule has 3 fully saturated rings. The van der Waals surface area contributed by atoms with E-state index < -0.39 is 18.3 Å². The number of epoxide rings is 1. The maximum Gasteiger partial charge on any atom is 0.323 e. The van der Waals surface area contributed by atoms with Gasteiger partial charge in [-0.3, -0.25) is 19.7 Å². The van der Waals surface area contributed by atoms with Crippen LogP contribution in [0.3, 0.4) is 0 Å². The number of carbonyl (C=O) groups is 3. The van der Waals surface area contributed by atoms with Gasteiger partial charge in [-0.2, -0.15) is 0 Å². The van der Waals surface area contributed by atoms with Crippen LogP contribution in [0, 0.1) is 5.92 Å². The summed E-state index contributed by atoms with van der Waals surface area (Å²) >= 11 is 0. The molecule has 2 heterocycles. The minimum Gasteiger partial charge on any atom is -0.468 e. The number of rotatable bonds is 12. The molecule has 9 nitrogen and oxygen atoms in total. The number of amides is 2. The zero-order chi connectivity index (χ0) is 30.3. The normalized spacial score (nSPS) is 24.3. The zero-order valence-electron chi connectivity index (χ0n) is 25.5. The number of ether oxygens (including phenoxy) is 2. The van der Waals surface area contributed by atoms with Gasteiger partial charge in [0.15, 0.2) is 0 Å². The third kappa shape index (κ3) is 7.28. The van der Waals surface area contributed by atoms with E-state index >= 15 is 0 Å². The first-order valence-electron chi connectivity index (χ1n) is 15.8. The monoisotopic (exact) mass is 590 g/mol. The molecule has 5 rings (SSSR count). The molecular formula is C34H46N4O5. The molecule has 6 atom stereocenters. The van der Waals surface area contributed by atoms with E-state index in [0.717, 1.165) is 49.7 Å². The number of carbonyl (C=O) groups excluding carboxylic acids is 3. The average molecular weight is 591 g/mol. The summed E-state index contributed by atoms with van der Waals surface area (Å²) in [4.78, 5) is 42.2. The van der Waals surface area contributed by atoms with Crippen molar-refractivity contribution in [3.63, 3.8) is 0 Å². The fourth-order valence-electron chi connectivity index (χ4n) is 6.90. The number of benzene rings is 2. The molecule has 1 aliphatic carbocycles. The summed E-state index contributed by atoms with van der Waals surface area (Å²) in [6.07, 6.45) is 6.24. The van der Waals surface area contributed by atoms with Crippen molar-refractivity contribution in [2.24, 2.45) is 5.92 Å². The Morgan fingerprint density at radius 1 is 0.907 bits per heavy atom. The highest BCUT2D eigenvalue weighted by Crippen LogP contribution is 2.37. The average Bonchev–Trinajstić information content (AvgIpc) is 3.65. The number of likely N-dealkylation sites (N-methyl/N-ethyl adjacent to an activating group) is 1. The first kappa shape index (κ1) is 31.2. The van der Waals surface area contributed by atoms with Gasteiger partial charge in [0.05, 0.1) is 19.2 Å². The maximum absolute atomic E-state index is 14.1. The molecule has 2 aliphatic heterocycles. The SMILES string of the molecule is CN[C@@H](C)C(=O)N[C@H](C(=O)N1CCC[C@H]1C1OC1N[C@H](C(=O)OC)C(c1ccccc1)c1ccccc1)C1CCCCC1. The Kier molecular flexibility index (Phi) is 10.5. The molecule has 1 saturated carbocycles. The number of hydrogen-bond donors (Lipinski definition) is 3. The van der Waals surface area contributed by atoms with Crippen molar-refractivity contribution in [1.82, 2.24) is 20.9 Å². The summed E-state index contributed by atoms with van der Waals surface area (Å²) in [5.74, 6) is -0.702. The topological polar surface area (TPSA) is 112 Å². The van der Waals surface area contributed by atoms with Gasteiger partial charge in [-0.1, -0.05) is 79.9 Å². The van der Waals surface area contributed by atoms with Crippen molar-refractivity contribution < 1.29 is 23.9 Å². The van der Waals surface area contributed by atoms with Crippen molar-refractivity contribution in [3.05, 3.63) is 71.8 Å². The van der Waals surface area contributed by atoms with Gasteiger partial charge in [-0.25, -0.2) is 0 Å². The predicted molar refractivity (Wildman–Crippen MR) is 164 cm³/mol. The lowest BCUT2D eigenvalue weighted by Crippen LogP contribution is -2.57. The number of hydrogen-bond acceptors (Lipinski definition) is 7. The Labute approximate surface area is 255 Å². The first-order valence-corrected chi connectivity index (χ1v) is 15.8. The molecule has 3 N–H and O–H groups in total. The standard InChI is InChI=1S/C34H46N4O5/c1-22(35-2)31(39)36-28(25-18-11-6-12-19-25)33(40)38-21-13-20-26(38)30-32(43-30)37-29(34(41)42-3)27(23-14-7-4-8-15-23)24-16-9-5-10-17-24/h4-5,7-10,14-17,22,25-30,32,35,37H,6,11-13,18-21H2,1-3H3,(H,36,39)/t22-,26-,28-,29-,30?,32?/m0/s1. The van der Waals surface area contributed by atoms with Crippen LogP contribution < -0.4 is 16.0 Å². The Balaban J connectivity index is 1.33. The van der Waals surface area contributed by atoms with Crippen LogP contribution in [0.25, 0.3) is 0 Å². The molecule has 43 heavy (non-hydrogen) atoms. The Hall–Kier alpha value is -3.27. The van der Waals surface area contributed by atoms with E-state index in [0.29, 0.717) is 6.54 Å². The highest BCUT2D eigenvalue weighted by Gasteiger charge is 2.53. The molecule has 2 unspecified atom stereocenters. The molecule has 0 aromatic heterocycles. The van der Waals surface area contributed by atoms with Gasteiger partial charge in [0.1, 0.15) is 24.4 Å². The molecule has 232 valence electrons. The van der Waals surface area contributed by atoms with E-state index in [-0.39, 0.29) is 47.8 Å². The highest BCUT2D eigenvalue weighted by molar-refractivity contribution is 5.90. The molecule has 2 amide bonds. The van der Waals surface area contributed by atoms with Gasteiger partial charge in [-0.15, -0.1) is 0 Å². The first-order chi connectivity index (χ1) is 20.9. The van der Waals surface area contributed by atoms with E-state index in [1.165, 1.54) is 13.5 Å². The van der Waals surface area contributed by atoms with Crippen LogP contribution in [0.15, 0.2) is 60.7 Å². The van der Waals surface area contributed by atoms with Crippen LogP contribution in [-0.2, 0) is 23.9 Å². The highest BCUT2D eigenvalue weighted by atomic mass is 16.6. The second kappa shape index (κ2) is 14.5. The third-order valence-electron chi connectivity index (χ3n) is 9.45. The third-order valence-corrected chi connectivity index (χ3v) is 9.45. The van der Waals surface area contributed by atoms with Crippen LogP contribution in [0.5, 0.6) is 0 Å². The van der Waals surface area contributed by atoms with Crippen LogP contribution in [-0.4, -0.2) is 79.9 Å². The maximum atomic E-state index is 14.1. The van der Waals surface area contributed by atoms with Crippen molar-refractivity contribution >= 4 is 17.8 Å². The Morgan fingerprint density at radius 2 is 1.53 bits per heavy atom. The lowest BCUT2D eigenvalue weighted by Gasteiger charge is -2.35. The van der Waals surface area contributed by atoms with E-state index in [1.807, 2.05) is 65.6 Å². The molecular weight excluding hydrogens is 544 g/mol. The van der Waals surface area contributed by atoms with Crippen molar-refractivity contribution in [2.75, 3.05) is 20.7 Å². The number of esters is 1. The van der Waals surface area contributed by atoms with Crippen LogP contribution >= 0.6 is 0 Å². The Morgan fingerprint density at radius 3 is 2.12 bits per heavy atom. The molecule has 2 aromatic carbocycles. The van der Waals surface area contributed by atoms with Gasteiger partial charge in [-0.05, 0) is 56.7 Å². The van der Waals surface area contributed by atoms with Gasteiger partial charge in [0, 0.05) is 12.5 Å². The second-order valence-corrected chi connectivity index (χ2v) is 12.1. The van der Waals surface area contributed by atoms with E-state index in [9.17, 15) is 14.4 Å². The number of nitrogens with zero attached hydrogens (tertiary/aromatic N) is 1. The molecule has 0 radical (unpaired) electrons. The Bertz CT molecular complexity index is 1180. The lowest BCUT2D eigenvalue weighted by molar-refractivity contribution is -0.143. The molecule has 0 spiro atoms. The van der Waals surface area contributed by atoms with Gasteiger partial charge in [0.25, 0.3) is 0 Å². The van der Waals surface area contributed by atoms with E-state index in [1.54, 1.807) is 14.0 Å². The second-order valence-electron chi connectivity index (χ2n) is 12.1. The van der Waals surface area contributed by atoms with Crippen LogP contribution in [0.4, 0.5) is 0 Å². The minimum absolute atomic E-state index is 0.0173. The summed E-state index contributed by atoms with van der Waals surface area (Å²) in [7, 11) is 3.15. The predicted octanol–water partition coefficient (Wildman–Crippen LogP) is 3.34. The molecule has 2 aromatic rings. The van der Waals surface area contributed by atoms with Crippen molar-refractivity contribution in [2.45, 2.75) is 94.3 Å². The molecule has 3 aliphatic rings. The molecule has 0 bridgehead atoms. The van der Waals surface area contributed by atoms with Crippen LogP contribution in [0.2, 0.25) is 0 Å². The van der Waals surface area contributed by atoms with Crippen molar-refractivity contribution in [1.29, 1.82) is 0 Å². The number of likely N-dealkylation sites (tertiary alicyclic amines) is 1. The summed E-state index contributed by atoms with van der Waals surface area (Å²) in [5, 5.41) is 9.55. The zero-order valence-corrected chi connectivity index (χ0v) is 25.5. The largest absolute Gasteiger partial charge is 0.468 e. The summed E-state index contributed by atoms with van der Waals surface area (Å²) in [6, 6.07) is 18.1. The van der Waals surface area contributed by atoms with Gasteiger partial charge < -0.3 is 25.0 Å². The van der Waals surface area contributed by atoms with E-state index in [2.05, 4.69) is 16.0 Å². The lowest BCUT2D eigenvalue weighted by atomic mass is 9.83. The summed E-state index contributed by atoms with van der Waals surface area (Å²) in [6.45, 7) is 2.44. The van der Waals surface area contributed by atoms with E-state index in [4.69, 9.17) is 9.47 Å². The quantitative estimate of drug-likeness (QED) is 0.257. The summed E-state index contributed by atoms with van der Waals surface area (Å²) in [5.41, 5.74) is 1.99. The molecule has 2 saturated heterocycles. The number of methoxy groups -OCH3 is 1. The fraction of sp³-hybridized carbons (Fsp3) is 0.559. The fourth-order valence-corrected chi connectivity index (χ4v) is 6.90. The smallest absolute Gasteiger partial charge is 0.323 e. The van der Waals surface area contributed by atoms with Crippen LogP contribution in [0.1, 0.15) is 68.9 Å². The summed E-state index contributed by atoms with van der Waals surface area (Å²) < 4.78 is 11.5.